The van der Waals surface area contributed by atoms with Crippen molar-refractivity contribution in [2.75, 3.05) is 0 Å². The van der Waals surface area contributed by atoms with Crippen molar-refractivity contribution in [3.05, 3.63) is 142 Å². The molecule has 4 N–H and O–H groups in total. The summed E-state index contributed by atoms with van der Waals surface area (Å²) >= 11 is 0. The number of benzene rings is 4. The third kappa shape index (κ3) is 8.39. The van der Waals surface area contributed by atoms with Crippen LogP contribution in [-0.2, 0) is 24.1 Å². The van der Waals surface area contributed by atoms with Crippen molar-refractivity contribution in [2.45, 2.75) is 25.2 Å². The Morgan fingerprint density at radius 1 is 0.550 bits per heavy atom. The fraction of sp³-hybridized carbons (Fsp3) is 0.125. The Kier molecular flexibility index (Phi) is 10.3. The van der Waals surface area contributed by atoms with E-state index in [2.05, 4.69) is 0 Å². The Morgan fingerprint density at radius 3 is 1.62 bits per heavy atom. The molecule has 40 heavy (non-hydrogen) atoms. The molecule has 8 heteroatoms. The van der Waals surface area contributed by atoms with Crippen LogP contribution < -0.4 is 0 Å². The Morgan fingerprint density at radius 2 is 1.10 bits per heavy atom. The van der Waals surface area contributed by atoms with Crippen molar-refractivity contribution >= 4 is 23.9 Å². The quantitative estimate of drug-likeness (QED) is 0.201. The van der Waals surface area contributed by atoms with Crippen LogP contribution in [0.3, 0.4) is 0 Å². The zero-order valence-electron chi connectivity index (χ0n) is 21.4. The fourth-order valence-electron chi connectivity index (χ4n) is 4.10. The SMILES string of the molecule is O=C(O)c1ccc(CC(C(=O)O)c2ccccc2)cc1.O=C(O)c1ccc(CCc2ccccc2)c(C(=O)O)c1. The normalized spacial score (nSPS) is 11.0. The number of carbonyl (C=O) groups is 4. The highest BCUT2D eigenvalue weighted by molar-refractivity contribution is 5.94. The van der Waals surface area contributed by atoms with Gasteiger partial charge in [0.2, 0.25) is 0 Å². The summed E-state index contributed by atoms with van der Waals surface area (Å²) in [6.07, 6.45) is 1.61. The van der Waals surface area contributed by atoms with Gasteiger partial charge < -0.3 is 20.4 Å². The molecule has 8 nitrogen and oxygen atoms in total. The van der Waals surface area contributed by atoms with E-state index in [1.807, 2.05) is 36.4 Å². The van der Waals surface area contributed by atoms with E-state index in [9.17, 15) is 29.4 Å². The molecule has 0 aliphatic heterocycles. The molecule has 0 aromatic heterocycles. The number of carboxylic acid groups (broad SMARTS) is 4. The first-order valence-corrected chi connectivity index (χ1v) is 12.4. The Balaban J connectivity index is 0.000000220. The molecule has 4 aromatic carbocycles. The van der Waals surface area contributed by atoms with Crippen molar-refractivity contribution in [3.8, 4) is 0 Å². The number of rotatable bonds is 10. The molecular formula is C32H28O8. The van der Waals surface area contributed by atoms with Crippen molar-refractivity contribution in [2.24, 2.45) is 0 Å². The average Bonchev–Trinajstić information content (AvgIpc) is 2.96. The number of aliphatic carboxylic acids is 1. The zero-order chi connectivity index (χ0) is 29.1. The summed E-state index contributed by atoms with van der Waals surface area (Å²) in [6.45, 7) is 0. The summed E-state index contributed by atoms with van der Waals surface area (Å²) in [5.74, 6) is -4.74. The molecule has 0 saturated carbocycles. The second kappa shape index (κ2) is 14.1. The van der Waals surface area contributed by atoms with E-state index in [0.717, 1.165) is 16.7 Å². The molecule has 4 aromatic rings. The summed E-state index contributed by atoms with van der Waals surface area (Å²) in [7, 11) is 0. The van der Waals surface area contributed by atoms with Gasteiger partial charge in [0, 0.05) is 0 Å². The number of aromatic carboxylic acids is 3. The molecule has 1 atom stereocenters. The van der Waals surface area contributed by atoms with Crippen LogP contribution in [0, 0.1) is 0 Å². The minimum atomic E-state index is -1.12. The molecular weight excluding hydrogens is 512 g/mol. The van der Waals surface area contributed by atoms with Crippen molar-refractivity contribution < 1.29 is 39.6 Å². The van der Waals surface area contributed by atoms with Crippen LogP contribution in [0.25, 0.3) is 0 Å². The summed E-state index contributed by atoms with van der Waals surface area (Å²) in [5, 5.41) is 36.2. The van der Waals surface area contributed by atoms with Crippen LogP contribution >= 0.6 is 0 Å². The van der Waals surface area contributed by atoms with Crippen LogP contribution in [0.1, 0.15) is 59.2 Å². The van der Waals surface area contributed by atoms with Crippen molar-refractivity contribution in [1.82, 2.24) is 0 Å². The zero-order valence-corrected chi connectivity index (χ0v) is 21.4. The number of aryl methyl sites for hydroxylation is 2. The second-order valence-corrected chi connectivity index (χ2v) is 8.98. The van der Waals surface area contributed by atoms with Gasteiger partial charge >= 0.3 is 23.9 Å². The maximum Gasteiger partial charge on any atom is 0.335 e. The van der Waals surface area contributed by atoms with Gasteiger partial charge in [-0.15, -0.1) is 0 Å². The maximum absolute atomic E-state index is 11.4. The van der Waals surface area contributed by atoms with Crippen LogP contribution in [0.15, 0.2) is 103 Å². The molecule has 204 valence electrons. The molecule has 0 spiro atoms. The fourth-order valence-corrected chi connectivity index (χ4v) is 4.10. The van der Waals surface area contributed by atoms with Gasteiger partial charge in [0.05, 0.1) is 22.6 Å². The third-order valence-corrected chi connectivity index (χ3v) is 6.25. The lowest BCUT2D eigenvalue weighted by Crippen LogP contribution is -2.14. The van der Waals surface area contributed by atoms with Gasteiger partial charge in [0.25, 0.3) is 0 Å². The minimum Gasteiger partial charge on any atom is -0.481 e. The molecule has 1 unspecified atom stereocenters. The van der Waals surface area contributed by atoms with Crippen molar-refractivity contribution in [1.29, 1.82) is 0 Å². The summed E-state index contributed by atoms with van der Waals surface area (Å²) < 4.78 is 0. The standard InChI is InChI=1S/2C16H14O4/c17-15(18)13-8-6-11(7-9-13)10-14(16(19)20)12-4-2-1-3-5-12;17-15(18)13-9-8-12(14(10-13)16(19)20)7-6-11-4-2-1-3-5-11/h1-9,14H,10H2,(H,17,18)(H,19,20);1-5,8-10H,6-7H2,(H,17,18)(H,19,20). The maximum atomic E-state index is 11.4. The molecule has 0 radical (unpaired) electrons. The summed E-state index contributed by atoms with van der Waals surface area (Å²) in [4.78, 5) is 44.2. The second-order valence-electron chi connectivity index (χ2n) is 8.98. The van der Waals surface area contributed by atoms with Gasteiger partial charge in [-0.1, -0.05) is 78.9 Å². The first-order valence-electron chi connectivity index (χ1n) is 12.4. The van der Waals surface area contributed by atoms with Crippen LogP contribution in [0.5, 0.6) is 0 Å². The Hall–Kier alpha value is -5.24. The molecule has 0 aliphatic carbocycles. The smallest absolute Gasteiger partial charge is 0.335 e. The molecule has 0 heterocycles. The van der Waals surface area contributed by atoms with Crippen LogP contribution in [0.2, 0.25) is 0 Å². The lowest BCUT2D eigenvalue weighted by atomic mass is 9.92. The van der Waals surface area contributed by atoms with E-state index >= 15 is 0 Å². The summed E-state index contributed by atoms with van der Waals surface area (Å²) in [5.41, 5.74) is 3.54. The topological polar surface area (TPSA) is 149 Å². The van der Waals surface area contributed by atoms with E-state index in [1.54, 1.807) is 42.5 Å². The van der Waals surface area contributed by atoms with E-state index < -0.39 is 29.8 Å². The van der Waals surface area contributed by atoms with E-state index in [4.69, 9.17) is 10.2 Å². The van der Waals surface area contributed by atoms with Gasteiger partial charge in [-0.25, -0.2) is 14.4 Å². The molecule has 0 fully saturated rings. The van der Waals surface area contributed by atoms with E-state index in [0.29, 0.717) is 24.8 Å². The highest BCUT2D eigenvalue weighted by Gasteiger charge is 2.20. The molecule has 0 saturated heterocycles. The predicted molar refractivity (Wildman–Crippen MR) is 148 cm³/mol. The average molecular weight is 541 g/mol. The number of hydrogen-bond acceptors (Lipinski definition) is 4. The third-order valence-electron chi connectivity index (χ3n) is 6.25. The number of hydrogen-bond donors (Lipinski definition) is 4. The first kappa shape index (κ1) is 29.3. The van der Waals surface area contributed by atoms with Gasteiger partial charge in [0.1, 0.15) is 0 Å². The van der Waals surface area contributed by atoms with Gasteiger partial charge in [-0.3, -0.25) is 4.79 Å². The minimum absolute atomic E-state index is 0.00846. The molecule has 0 amide bonds. The van der Waals surface area contributed by atoms with Gasteiger partial charge in [-0.2, -0.15) is 0 Å². The van der Waals surface area contributed by atoms with Crippen LogP contribution in [0.4, 0.5) is 0 Å². The summed E-state index contributed by atoms with van der Waals surface area (Å²) in [6, 6.07) is 29.3. The van der Waals surface area contributed by atoms with Gasteiger partial charge in [-0.05, 0) is 65.8 Å². The lowest BCUT2D eigenvalue weighted by Gasteiger charge is -2.13. The van der Waals surface area contributed by atoms with E-state index in [1.165, 1.54) is 24.3 Å². The largest absolute Gasteiger partial charge is 0.481 e. The highest BCUT2D eigenvalue weighted by Crippen LogP contribution is 2.21. The monoisotopic (exact) mass is 540 g/mol. The lowest BCUT2D eigenvalue weighted by molar-refractivity contribution is -0.138. The Labute approximate surface area is 230 Å². The molecule has 0 bridgehead atoms. The number of carboxylic acids is 4. The predicted octanol–water partition coefficient (Wildman–Crippen LogP) is 5.66. The van der Waals surface area contributed by atoms with Crippen LogP contribution in [-0.4, -0.2) is 44.3 Å². The highest BCUT2D eigenvalue weighted by atomic mass is 16.4. The first-order chi connectivity index (χ1) is 19.2. The molecule has 0 aliphatic rings. The van der Waals surface area contributed by atoms with Crippen molar-refractivity contribution in [3.63, 3.8) is 0 Å². The molecule has 4 rings (SSSR count). The van der Waals surface area contributed by atoms with E-state index in [-0.39, 0.29) is 16.7 Å². The Bertz CT molecular complexity index is 1460. The van der Waals surface area contributed by atoms with Gasteiger partial charge in [0.15, 0.2) is 0 Å².